The Morgan fingerprint density at radius 2 is 0.556 bits per heavy atom. The molecule has 8 fully saturated rings. The normalized spacial score (nSPS) is 38.0. The fraction of sp³-hybridized carbons (Fsp3) is 0.962. The topological polar surface area (TPSA) is 6.48 Å². The van der Waals surface area contributed by atoms with E-state index in [0.29, 0.717) is 0 Å². The molecule has 0 radical (unpaired) electrons. The lowest BCUT2D eigenvalue weighted by atomic mass is 9.70. The van der Waals surface area contributed by atoms with Crippen molar-refractivity contribution in [3.8, 4) is 0 Å². The predicted octanol–water partition coefficient (Wildman–Crippen LogP) is 15.0. The lowest BCUT2D eigenvalue weighted by Crippen LogP contribution is -2.53. The maximum Gasteiger partial charge on any atom is 0.0102 e. The number of hydrogen-bond acceptors (Lipinski definition) is 2. The summed E-state index contributed by atoms with van der Waals surface area (Å²) in [7, 11) is 0. The van der Waals surface area contributed by atoms with Crippen molar-refractivity contribution < 1.29 is 0 Å². The van der Waals surface area contributed by atoms with E-state index >= 15 is 0 Å². The van der Waals surface area contributed by atoms with Gasteiger partial charge < -0.3 is 0 Å². The third-order valence-electron chi connectivity index (χ3n) is 18.4. The van der Waals surface area contributed by atoms with Crippen molar-refractivity contribution >= 4 is 0 Å². The van der Waals surface area contributed by atoms with Gasteiger partial charge in [-0.2, -0.15) is 0 Å². The van der Waals surface area contributed by atoms with Gasteiger partial charge in [-0.1, -0.05) is 115 Å². The van der Waals surface area contributed by atoms with Gasteiger partial charge in [-0.3, -0.25) is 9.80 Å². The zero-order chi connectivity index (χ0) is 36.4. The summed E-state index contributed by atoms with van der Waals surface area (Å²) in [5.41, 5.74) is 0. The maximum absolute atomic E-state index is 3.27. The van der Waals surface area contributed by atoms with Crippen molar-refractivity contribution in [1.82, 2.24) is 9.80 Å². The van der Waals surface area contributed by atoms with Crippen LogP contribution in [0.3, 0.4) is 0 Å². The molecule has 0 unspecified atom stereocenters. The van der Waals surface area contributed by atoms with Crippen molar-refractivity contribution in [3.05, 3.63) is 12.2 Å². The lowest BCUT2D eigenvalue weighted by Gasteiger charge is -2.51. The highest BCUT2D eigenvalue weighted by atomic mass is 15.2. The van der Waals surface area contributed by atoms with Crippen molar-refractivity contribution in [2.45, 2.75) is 280 Å². The molecule has 2 nitrogen and oxygen atoms in total. The molecule has 0 aromatic heterocycles. The Morgan fingerprint density at radius 3 is 0.981 bits per heavy atom. The summed E-state index contributed by atoms with van der Waals surface area (Å²) in [6.45, 7) is 0. The summed E-state index contributed by atoms with van der Waals surface area (Å²) < 4.78 is 0. The second kappa shape index (κ2) is 21.1. The molecule has 8 aliphatic carbocycles. The Bertz CT molecular complexity index is 1040. The summed E-state index contributed by atoms with van der Waals surface area (Å²) >= 11 is 0. The van der Waals surface area contributed by atoms with Crippen LogP contribution in [0.15, 0.2) is 12.2 Å². The minimum absolute atomic E-state index is 0.877. The van der Waals surface area contributed by atoms with Gasteiger partial charge in [0.1, 0.15) is 0 Å². The summed E-state index contributed by atoms with van der Waals surface area (Å²) in [5.74, 6) is 6.00. The SMILES string of the molecule is C(=CC1CCC(N(C2CCCCC2)C2CCC(C3CCC(N(C4CCCCC4)C4CCC(CCC5CCCCC5)CC4)CC3)CC2)CC1)C1CCCCC1. The van der Waals surface area contributed by atoms with E-state index in [1.807, 2.05) is 0 Å². The largest absolute Gasteiger partial charge is 0.294 e. The van der Waals surface area contributed by atoms with E-state index < -0.39 is 0 Å². The summed E-state index contributed by atoms with van der Waals surface area (Å²) in [5, 5.41) is 0. The zero-order valence-corrected chi connectivity index (χ0v) is 35.8. The second-order valence-corrected chi connectivity index (χ2v) is 21.7. The molecule has 0 aliphatic heterocycles. The summed E-state index contributed by atoms with van der Waals surface area (Å²) in [6, 6.07) is 5.46. The van der Waals surface area contributed by atoms with Crippen molar-refractivity contribution in [2.24, 2.45) is 35.5 Å². The fourth-order valence-electron chi connectivity index (χ4n) is 15.2. The molecule has 0 bridgehead atoms. The van der Waals surface area contributed by atoms with E-state index in [1.54, 1.807) is 64.2 Å². The quantitative estimate of drug-likeness (QED) is 0.184. The first-order valence-electron chi connectivity index (χ1n) is 26.0. The van der Waals surface area contributed by atoms with Crippen LogP contribution >= 0.6 is 0 Å². The number of allylic oxidation sites excluding steroid dienone is 2. The van der Waals surface area contributed by atoms with E-state index in [4.69, 9.17) is 0 Å². The Morgan fingerprint density at radius 1 is 0.259 bits per heavy atom. The Balaban J connectivity index is 0.810. The smallest absolute Gasteiger partial charge is 0.0102 e. The highest BCUT2D eigenvalue weighted by Crippen LogP contribution is 2.46. The highest BCUT2D eigenvalue weighted by Gasteiger charge is 2.41. The average Bonchev–Trinajstić information content (AvgIpc) is 3.25. The molecule has 0 atom stereocenters. The maximum atomic E-state index is 3.27. The zero-order valence-electron chi connectivity index (χ0n) is 35.8. The molecule has 0 spiro atoms. The molecule has 0 saturated heterocycles. The molecular weight excluding hydrogens is 653 g/mol. The van der Waals surface area contributed by atoms with Gasteiger partial charge in [0, 0.05) is 36.3 Å². The van der Waals surface area contributed by atoms with Crippen LogP contribution in [-0.4, -0.2) is 46.1 Å². The molecule has 8 rings (SSSR count). The summed E-state index contributed by atoms with van der Waals surface area (Å²) in [6.07, 6.45) is 63.0. The van der Waals surface area contributed by atoms with Crippen LogP contribution < -0.4 is 0 Å². The molecule has 0 N–H and O–H groups in total. The van der Waals surface area contributed by atoms with Crippen molar-refractivity contribution in [3.63, 3.8) is 0 Å². The van der Waals surface area contributed by atoms with Crippen LogP contribution in [0.25, 0.3) is 0 Å². The molecule has 0 aromatic carbocycles. The van der Waals surface area contributed by atoms with Gasteiger partial charge >= 0.3 is 0 Å². The number of rotatable bonds is 12. The Labute approximate surface area is 336 Å². The first kappa shape index (κ1) is 40.4. The average molecular weight is 743 g/mol. The van der Waals surface area contributed by atoms with Gasteiger partial charge in [-0.15, -0.1) is 0 Å². The van der Waals surface area contributed by atoms with Crippen LogP contribution in [-0.2, 0) is 0 Å². The number of nitrogens with zero attached hydrogens (tertiary/aromatic N) is 2. The third-order valence-corrected chi connectivity index (χ3v) is 18.4. The van der Waals surface area contributed by atoms with E-state index in [0.717, 1.165) is 71.8 Å². The molecule has 8 aliphatic rings. The van der Waals surface area contributed by atoms with E-state index in [1.165, 1.54) is 180 Å². The van der Waals surface area contributed by atoms with E-state index in [-0.39, 0.29) is 0 Å². The van der Waals surface area contributed by atoms with E-state index in [9.17, 15) is 0 Å². The molecule has 0 heterocycles. The molecule has 8 saturated carbocycles. The third kappa shape index (κ3) is 11.0. The lowest BCUT2D eigenvalue weighted by molar-refractivity contribution is -0.00872. The predicted molar refractivity (Wildman–Crippen MR) is 232 cm³/mol. The standard InChI is InChI=1S/C52H90N2/c1-5-13-41(14-6-1)21-23-43-25-33-49(34-26-43)53(47-17-9-3-10-18-47)51-37-29-45(30-38-51)46-31-39-52(40-32-46)54(48-19-11-4-12-20-48)50-35-27-44(28-36-50)24-22-42-15-7-2-8-16-42/h21,23,41-52H,1-20,22,24-40H2. The van der Waals surface area contributed by atoms with Gasteiger partial charge in [-0.25, -0.2) is 0 Å². The van der Waals surface area contributed by atoms with Crippen LogP contribution in [0.2, 0.25) is 0 Å². The van der Waals surface area contributed by atoms with E-state index in [2.05, 4.69) is 22.0 Å². The molecule has 0 amide bonds. The van der Waals surface area contributed by atoms with Crippen LogP contribution in [0.1, 0.15) is 244 Å². The monoisotopic (exact) mass is 743 g/mol. The molecule has 2 heteroatoms. The fourth-order valence-corrected chi connectivity index (χ4v) is 15.2. The summed E-state index contributed by atoms with van der Waals surface area (Å²) in [4.78, 5) is 6.52. The van der Waals surface area contributed by atoms with Crippen molar-refractivity contribution in [1.29, 1.82) is 0 Å². The molecule has 308 valence electrons. The minimum Gasteiger partial charge on any atom is -0.294 e. The minimum atomic E-state index is 0.877. The second-order valence-electron chi connectivity index (χ2n) is 21.7. The van der Waals surface area contributed by atoms with Gasteiger partial charge in [-0.05, 0) is 177 Å². The Kier molecular flexibility index (Phi) is 15.8. The molecule has 0 aromatic rings. The number of hydrogen-bond donors (Lipinski definition) is 0. The van der Waals surface area contributed by atoms with Gasteiger partial charge in [0.2, 0.25) is 0 Å². The van der Waals surface area contributed by atoms with Gasteiger partial charge in [0.05, 0.1) is 0 Å². The van der Waals surface area contributed by atoms with Crippen LogP contribution in [0.5, 0.6) is 0 Å². The highest BCUT2D eigenvalue weighted by molar-refractivity contribution is 4.99. The first-order valence-corrected chi connectivity index (χ1v) is 26.0. The van der Waals surface area contributed by atoms with Crippen molar-refractivity contribution in [2.75, 3.05) is 0 Å². The van der Waals surface area contributed by atoms with Gasteiger partial charge in [0.15, 0.2) is 0 Å². The molecule has 54 heavy (non-hydrogen) atoms. The van der Waals surface area contributed by atoms with Crippen LogP contribution in [0, 0.1) is 35.5 Å². The van der Waals surface area contributed by atoms with Crippen LogP contribution in [0.4, 0.5) is 0 Å². The first-order chi connectivity index (χ1) is 26.8. The van der Waals surface area contributed by atoms with Gasteiger partial charge in [0.25, 0.3) is 0 Å². The Hall–Kier alpha value is -0.340. The molecular formula is C52H90N2.